The third-order valence-electron chi connectivity index (χ3n) is 7.32. The average molecular weight is 488 g/mol. The second-order valence-corrected chi connectivity index (χ2v) is 10.4. The molecule has 35 heavy (non-hydrogen) atoms. The first-order valence-electron chi connectivity index (χ1n) is 12.7. The first-order chi connectivity index (χ1) is 17.1. The van der Waals surface area contributed by atoms with Crippen LogP contribution in [0.2, 0.25) is 0 Å². The molecule has 0 spiro atoms. The van der Waals surface area contributed by atoms with Crippen molar-refractivity contribution in [2.75, 3.05) is 39.3 Å². The predicted octanol–water partition coefficient (Wildman–Crippen LogP) is 4.63. The molecule has 182 valence electrons. The zero-order chi connectivity index (χ0) is 24.2. The molecule has 1 atom stereocenters. The fourth-order valence-electron chi connectivity index (χ4n) is 5.26. The summed E-state index contributed by atoms with van der Waals surface area (Å²) in [7, 11) is 0. The lowest BCUT2D eigenvalue weighted by Crippen LogP contribution is -2.51. The number of piperazine rings is 1. The average Bonchev–Trinajstić information content (AvgIpc) is 3.40. The van der Waals surface area contributed by atoms with Gasteiger partial charge in [0.25, 0.3) is 5.91 Å². The normalized spacial score (nSPS) is 18.4. The van der Waals surface area contributed by atoms with Crippen LogP contribution in [0, 0.1) is 0 Å². The minimum absolute atomic E-state index is 0.0605. The lowest BCUT2D eigenvalue weighted by atomic mass is 9.93. The Bertz CT molecular complexity index is 1150. The quantitative estimate of drug-likeness (QED) is 0.509. The second kappa shape index (κ2) is 10.8. The van der Waals surface area contributed by atoms with Gasteiger partial charge in [-0.05, 0) is 53.1 Å². The maximum atomic E-state index is 13.1. The van der Waals surface area contributed by atoms with E-state index in [0.29, 0.717) is 32.6 Å². The van der Waals surface area contributed by atoms with Gasteiger partial charge in [-0.1, -0.05) is 49.4 Å². The lowest BCUT2D eigenvalue weighted by molar-refractivity contribution is -0.133. The van der Waals surface area contributed by atoms with Crippen LogP contribution in [-0.2, 0) is 17.6 Å². The number of carbonyl (C=O) groups is 2. The van der Waals surface area contributed by atoms with E-state index in [0.717, 1.165) is 31.5 Å². The first kappa shape index (κ1) is 23.8. The summed E-state index contributed by atoms with van der Waals surface area (Å²) in [6, 6.07) is 21.0. The van der Waals surface area contributed by atoms with Crippen LogP contribution in [0.25, 0.3) is 0 Å². The van der Waals surface area contributed by atoms with Crippen LogP contribution < -0.4 is 0 Å². The maximum absolute atomic E-state index is 13.1. The topological polar surface area (TPSA) is 43.9 Å². The molecule has 1 unspecified atom stereocenters. The van der Waals surface area contributed by atoms with E-state index in [1.54, 1.807) is 0 Å². The van der Waals surface area contributed by atoms with E-state index in [2.05, 4.69) is 53.6 Å². The Morgan fingerprint density at radius 1 is 0.886 bits per heavy atom. The van der Waals surface area contributed by atoms with Crippen molar-refractivity contribution in [1.29, 1.82) is 0 Å². The molecule has 6 heteroatoms. The number of hydrogen-bond donors (Lipinski definition) is 0. The molecule has 2 amide bonds. The molecule has 1 aromatic heterocycles. The van der Waals surface area contributed by atoms with Gasteiger partial charge in [0.2, 0.25) is 5.91 Å². The van der Waals surface area contributed by atoms with Gasteiger partial charge >= 0.3 is 0 Å². The Balaban J connectivity index is 1.17. The van der Waals surface area contributed by atoms with Crippen molar-refractivity contribution in [2.24, 2.45) is 0 Å². The fourth-order valence-corrected chi connectivity index (χ4v) is 6.16. The Hall–Kier alpha value is -2.96. The van der Waals surface area contributed by atoms with Crippen molar-refractivity contribution in [2.45, 2.75) is 32.2 Å². The molecule has 2 aliphatic heterocycles. The van der Waals surface area contributed by atoms with Gasteiger partial charge in [0.1, 0.15) is 0 Å². The summed E-state index contributed by atoms with van der Waals surface area (Å²) in [5, 5.41) is 2.19. The van der Waals surface area contributed by atoms with Gasteiger partial charge in [-0.3, -0.25) is 14.5 Å². The fraction of sp³-hybridized carbons (Fsp3) is 0.379. The summed E-state index contributed by atoms with van der Waals surface area (Å²) in [5.74, 6) is 0.248. The minimum Gasteiger partial charge on any atom is -0.339 e. The molecule has 0 aliphatic carbocycles. The maximum Gasteiger partial charge on any atom is 0.253 e. The van der Waals surface area contributed by atoms with Crippen molar-refractivity contribution >= 4 is 23.2 Å². The van der Waals surface area contributed by atoms with Crippen molar-refractivity contribution in [3.05, 3.63) is 93.2 Å². The van der Waals surface area contributed by atoms with E-state index in [1.165, 1.54) is 21.6 Å². The second-order valence-electron chi connectivity index (χ2n) is 9.37. The lowest BCUT2D eigenvalue weighted by Gasteiger charge is -2.38. The standard InChI is InChI=1S/C29H33N3O2S/c1-2-22-8-10-24(11-9-22)29(34)32-19-17-30(18-20-32)27(33)13-16-31-15-12-26-25(14-21-35-26)28(31)23-6-4-3-5-7-23/h3-11,14,21,28H,2,12-13,15-20H2,1H3. The molecule has 5 nitrogen and oxygen atoms in total. The van der Waals surface area contributed by atoms with Gasteiger partial charge in [0.15, 0.2) is 0 Å². The van der Waals surface area contributed by atoms with Crippen LogP contribution in [-0.4, -0.2) is 65.8 Å². The molecule has 0 radical (unpaired) electrons. The van der Waals surface area contributed by atoms with Gasteiger partial charge in [-0.15, -0.1) is 11.3 Å². The third-order valence-corrected chi connectivity index (χ3v) is 8.32. The van der Waals surface area contributed by atoms with Crippen LogP contribution in [0.15, 0.2) is 66.0 Å². The number of rotatable bonds is 6. The van der Waals surface area contributed by atoms with Gasteiger partial charge in [0.05, 0.1) is 6.04 Å². The minimum atomic E-state index is 0.0605. The Kier molecular flexibility index (Phi) is 7.30. The molecule has 0 bridgehead atoms. The number of nitrogens with zero attached hydrogens (tertiary/aromatic N) is 3. The summed E-state index contributed by atoms with van der Waals surface area (Å²) < 4.78 is 0. The van der Waals surface area contributed by atoms with Crippen molar-refractivity contribution in [1.82, 2.24) is 14.7 Å². The molecule has 0 saturated carbocycles. The highest BCUT2D eigenvalue weighted by molar-refractivity contribution is 7.10. The van der Waals surface area contributed by atoms with Crippen molar-refractivity contribution in [3.63, 3.8) is 0 Å². The monoisotopic (exact) mass is 487 g/mol. The molecule has 0 N–H and O–H groups in total. The van der Waals surface area contributed by atoms with E-state index >= 15 is 0 Å². The summed E-state index contributed by atoms with van der Waals surface area (Å²) >= 11 is 1.84. The van der Waals surface area contributed by atoms with Gasteiger partial charge in [-0.2, -0.15) is 0 Å². The van der Waals surface area contributed by atoms with E-state index in [1.807, 2.05) is 45.4 Å². The van der Waals surface area contributed by atoms with Crippen LogP contribution in [0.4, 0.5) is 0 Å². The van der Waals surface area contributed by atoms with E-state index in [4.69, 9.17) is 0 Å². The Labute approximate surface area is 212 Å². The number of carbonyl (C=O) groups excluding carboxylic acids is 2. The summed E-state index contributed by atoms with van der Waals surface area (Å²) in [6.45, 7) is 6.22. The molecule has 5 rings (SSSR count). The molecule has 1 fully saturated rings. The number of aryl methyl sites for hydroxylation is 1. The van der Waals surface area contributed by atoms with E-state index in [-0.39, 0.29) is 17.9 Å². The molecule has 2 aromatic carbocycles. The molecular formula is C29H33N3O2S. The Morgan fingerprint density at radius 2 is 1.60 bits per heavy atom. The number of fused-ring (bicyclic) bond motifs is 1. The van der Waals surface area contributed by atoms with Crippen molar-refractivity contribution < 1.29 is 9.59 Å². The number of amides is 2. The summed E-state index contributed by atoms with van der Waals surface area (Å²) in [4.78, 5) is 33.7. The number of hydrogen-bond acceptors (Lipinski definition) is 4. The third kappa shape index (κ3) is 5.19. The van der Waals surface area contributed by atoms with Gasteiger partial charge in [0, 0.05) is 56.1 Å². The van der Waals surface area contributed by atoms with Gasteiger partial charge in [-0.25, -0.2) is 0 Å². The highest BCUT2D eigenvalue weighted by Gasteiger charge is 2.31. The molecular weight excluding hydrogens is 454 g/mol. The van der Waals surface area contributed by atoms with E-state index < -0.39 is 0 Å². The molecule has 1 saturated heterocycles. The molecule has 3 aromatic rings. The summed E-state index contributed by atoms with van der Waals surface area (Å²) in [5.41, 5.74) is 4.64. The smallest absolute Gasteiger partial charge is 0.253 e. The predicted molar refractivity (Wildman–Crippen MR) is 141 cm³/mol. The number of thiophene rings is 1. The SMILES string of the molecule is CCc1ccc(C(=O)N2CCN(C(=O)CCN3CCc4sccc4C3c3ccccc3)CC2)cc1. The van der Waals surface area contributed by atoms with Gasteiger partial charge < -0.3 is 9.80 Å². The number of benzene rings is 2. The van der Waals surface area contributed by atoms with Crippen LogP contribution in [0.3, 0.4) is 0 Å². The highest BCUT2D eigenvalue weighted by atomic mass is 32.1. The molecule has 3 heterocycles. The zero-order valence-corrected chi connectivity index (χ0v) is 21.2. The first-order valence-corrected chi connectivity index (χ1v) is 13.5. The van der Waals surface area contributed by atoms with Crippen LogP contribution in [0.1, 0.15) is 51.3 Å². The highest BCUT2D eigenvalue weighted by Crippen LogP contribution is 2.37. The van der Waals surface area contributed by atoms with Crippen LogP contribution >= 0.6 is 11.3 Å². The zero-order valence-electron chi connectivity index (χ0n) is 20.4. The van der Waals surface area contributed by atoms with Crippen LogP contribution in [0.5, 0.6) is 0 Å². The molecule has 2 aliphatic rings. The Morgan fingerprint density at radius 3 is 2.31 bits per heavy atom. The van der Waals surface area contributed by atoms with Crippen molar-refractivity contribution in [3.8, 4) is 0 Å². The summed E-state index contributed by atoms with van der Waals surface area (Å²) in [6.07, 6.45) is 2.52. The van der Waals surface area contributed by atoms with E-state index in [9.17, 15) is 9.59 Å². The largest absolute Gasteiger partial charge is 0.339 e.